The first-order valence-corrected chi connectivity index (χ1v) is 9.18. The van der Waals surface area contributed by atoms with Crippen molar-refractivity contribution in [3.63, 3.8) is 0 Å². The second kappa shape index (κ2) is 7.08. The second-order valence-corrected chi connectivity index (χ2v) is 7.63. The Morgan fingerprint density at radius 1 is 1.08 bits per heavy atom. The molecule has 4 rings (SSSR count). The van der Waals surface area contributed by atoms with E-state index in [1.165, 1.54) is 0 Å². The second-order valence-electron chi connectivity index (χ2n) is 7.63. The number of carbonyl (C=O) groups excluding carboxylic acids is 1. The highest BCUT2D eigenvalue weighted by Gasteiger charge is 2.49. The molecule has 26 heavy (non-hydrogen) atoms. The summed E-state index contributed by atoms with van der Waals surface area (Å²) in [5.74, 6) is 0.706. The number of aromatic nitrogens is 1. The van der Waals surface area contributed by atoms with Crippen LogP contribution in [0.15, 0.2) is 54.9 Å². The summed E-state index contributed by atoms with van der Waals surface area (Å²) in [7, 11) is 0. The van der Waals surface area contributed by atoms with Crippen LogP contribution in [0.2, 0.25) is 0 Å². The van der Waals surface area contributed by atoms with E-state index in [0.717, 1.165) is 24.0 Å². The van der Waals surface area contributed by atoms with Crippen molar-refractivity contribution >= 4 is 6.09 Å². The molecule has 2 aromatic rings. The van der Waals surface area contributed by atoms with Gasteiger partial charge in [0.25, 0.3) is 0 Å². The number of hydrogen-bond acceptors (Lipinski definition) is 4. The Kier molecular flexibility index (Phi) is 4.64. The quantitative estimate of drug-likeness (QED) is 0.919. The summed E-state index contributed by atoms with van der Waals surface area (Å²) in [6.07, 6.45) is 5.41. The molecule has 1 saturated carbocycles. The van der Waals surface area contributed by atoms with Crippen LogP contribution in [0, 0.1) is 11.8 Å². The van der Waals surface area contributed by atoms with Crippen LogP contribution in [0.4, 0.5) is 4.79 Å². The van der Waals surface area contributed by atoms with E-state index in [2.05, 4.69) is 4.98 Å². The Morgan fingerprint density at radius 2 is 1.73 bits per heavy atom. The van der Waals surface area contributed by atoms with Gasteiger partial charge in [0.05, 0.1) is 5.60 Å². The SMILES string of the molecule is O=C(OCc1ccccc1)N1C[C@@H]2C[C@@](O)(Cc3ccncc3)C[C@@H]2C1. The summed E-state index contributed by atoms with van der Waals surface area (Å²) in [4.78, 5) is 18.2. The zero-order chi connectivity index (χ0) is 18.0. The molecule has 5 heteroatoms. The fourth-order valence-corrected chi connectivity index (χ4v) is 4.45. The molecule has 1 saturated heterocycles. The van der Waals surface area contributed by atoms with Gasteiger partial charge in [-0.2, -0.15) is 0 Å². The number of amides is 1. The van der Waals surface area contributed by atoms with Gasteiger partial charge in [-0.15, -0.1) is 0 Å². The predicted molar refractivity (Wildman–Crippen MR) is 97.3 cm³/mol. The standard InChI is InChI=1S/C21H24N2O3/c24-20(26-15-17-4-2-1-3-5-17)23-13-18-11-21(25,12-19(18)14-23)10-16-6-8-22-9-7-16/h1-9,18-19,25H,10-15H2/t18-,19+,21-. The fourth-order valence-electron chi connectivity index (χ4n) is 4.45. The lowest BCUT2D eigenvalue weighted by Crippen LogP contribution is -2.34. The summed E-state index contributed by atoms with van der Waals surface area (Å²) in [5.41, 5.74) is 1.44. The zero-order valence-electron chi connectivity index (χ0n) is 14.8. The summed E-state index contributed by atoms with van der Waals surface area (Å²) in [6, 6.07) is 13.6. The van der Waals surface area contributed by atoms with Crippen molar-refractivity contribution in [2.45, 2.75) is 31.5 Å². The third-order valence-electron chi connectivity index (χ3n) is 5.61. The number of rotatable bonds is 4. The number of likely N-dealkylation sites (tertiary alicyclic amines) is 1. The number of benzene rings is 1. The van der Waals surface area contributed by atoms with Crippen LogP contribution < -0.4 is 0 Å². The largest absolute Gasteiger partial charge is 0.445 e. The molecule has 1 aromatic heterocycles. The average molecular weight is 352 g/mol. The molecule has 136 valence electrons. The molecule has 3 atom stereocenters. The lowest BCUT2D eigenvalue weighted by Gasteiger charge is -2.26. The Labute approximate surface area is 153 Å². The van der Waals surface area contributed by atoms with Crippen LogP contribution in [-0.4, -0.2) is 39.8 Å². The summed E-state index contributed by atoms with van der Waals surface area (Å²) < 4.78 is 5.44. The molecule has 1 aromatic carbocycles. The van der Waals surface area contributed by atoms with E-state index in [-0.39, 0.29) is 6.09 Å². The van der Waals surface area contributed by atoms with Crippen molar-refractivity contribution in [1.82, 2.24) is 9.88 Å². The number of carbonyl (C=O) groups is 1. The van der Waals surface area contributed by atoms with E-state index < -0.39 is 5.60 Å². The number of aliphatic hydroxyl groups is 1. The number of hydrogen-bond donors (Lipinski definition) is 1. The Morgan fingerprint density at radius 3 is 2.38 bits per heavy atom. The van der Waals surface area contributed by atoms with Crippen molar-refractivity contribution in [2.24, 2.45) is 11.8 Å². The maximum atomic E-state index is 12.3. The minimum Gasteiger partial charge on any atom is -0.445 e. The van der Waals surface area contributed by atoms with Gasteiger partial charge in [-0.1, -0.05) is 30.3 Å². The highest BCUT2D eigenvalue weighted by atomic mass is 16.6. The first-order valence-electron chi connectivity index (χ1n) is 9.18. The van der Waals surface area contributed by atoms with E-state index >= 15 is 0 Å². The number of pyridine rings is 1. The minimum atomic E-state index is -0.670. The number of fused-ring (bicyclic) bond motifs is 1. The molecule has 0 unspecified atom stereocenters. The molecule has 2 aliphatic rings. The van der Waals surface area contributed by atoms with E-state index in [0.29, 0.717) is 38.0 Å². The van der Waals surface area contributed by atoms with Crippen LogP contribution in [0.3, 0.4) is 0 Å². The van der Waals surface area contributed by atoms with E-state index in [9.17, 15) is 9.90 Å². The van der Waals surface area contributed by atoms with Crippen LogP contribution >= 0.6 is 0 Å². The maximum Gasteiger partial charge on any atom is 0.410 e. The lowest BCUT2D eigenvalue weighted by molar-refractivity contribution is 0.0337. The third-order valence-corrected chi connectivity index (χ3v) is 5.61. The van der Waals surface area contributed by atoms with E-state index in [1.807, 2.05) is 42.5 Å². The molecule has 1 aliphatic heterocycles. The molecule has 0 bridgehead atoms. The van der Waals surface area contributed by atoms with Crippen LogP contribution in [0.25, 0.3) is 0 Å². The highest BCUT2D eigenvalue weighted by molar-refractivity contribution is 5.68. The van der Waals surface area contributed by atoms with Gasteiger partial charge < -0.3 is 14.7 Å². The van der Waals surface area contributed by atoms with Gasteiger partial charge >= 0.3 is 6.09 Å². The fraction of sp³-hybridized carbons (Fsp3) is 0.429. The molecule has 2 heterocycles. The van der Waals surface area contributed by atoms with Gasteiger partial charge in [-0.05, 0) is 47.9 Å². The van der Waals surface area contributed by atoms with Crippen LogP contribution in [0.5, 0.6) is 0 Å². The molecule has 5 nitrogen and oxygen atoms in total. The summed E-state index contributed by atoms with van der Waals surface area (Å²) in [6.45, 7) is 1.66. The highest BCUT2D eigenvalue weighted by Crippen LogP contribution is 2.45. The topological polar surface area (TPSA) is 62.7 Å². The first-order chi connectivity index (χ1) is 12.6. The van der Waals surface area contributed by atoms with Gasteiger partial charge in [0.1, 0.15) is 6.61 Å². The number of ether oxygens (including phenoxy) is 1. The van der Waals surface area contributed by atoms with Gasteiger partial charge in [0, 0.05) is 31.9 Å². The third kappa shape index (κ3) is 3.73. The summed E-state index contributed by atoms with van der Waals surface area (Å²) in [5, 5.41) is 11.0. The maximum absolute atomic E-state index is 12.3. The van der Waals surface area contributed by atoms with Crippen LogP contribution in [0.1, 0.15) is 24.0 Å². The van der Waals surface area contributed by atoms with Crippen molar-refractivity contribution in [1.29, 1.82) is 0 Å². The summed E-state index contributed by atoms with van der Waals surface area (Å²) >= 11 is 0. The van der Waals surface area contributed by atoms with E-state index in [1.54, 1.807) is 17.3 Å². The molecular weight excluding hydrogens is 328 g/mol. The monoisotopic (exact) mass is 352 g/mol. The van der Waals surface area contributed by atoms with E-state index in [4.69, 9.17) is 4.74 Å². The van der Waals surface area contributed by atoms with Gasteiger partial charge in [-0.3, -0.25) is 4.98 Å². The van der Waals surface area contributed by atoms with Crippen molar-refractivity contribution < 1.29 is 14.6 Å². The predicted octanol–water partition coefficient (Wildman–Crippen LogP) is 3.03. The molecule has 0 radical (unpaired) electrons. The van der Waals surface area contributed by atoms with Crippen molar-refractivity contribution in [2.75, 3.05) is 13.1 Å². The zero-order valence-corrected chi connectivity index (χ0v) is 14.8. The lowest BCUT2D eigenvalue weighted by atomic mass is 9.92. The minimum absolute atomic E-state index is 0.249. The smallest absolute Gasteiger partial charge is 0.410 e. The Hall–Kier alpha value is -2.40. The first kappa shape index (κ1) is 17.0. The Bertz CT molecular complexity index is 736. The molecule has 1 aliphatic carbocycles. The Balaban J connectivity index is 1.30. The van der Waals surface area contributed by atoms with Gasteiger partial charge in [-0.25, -0.2) is 4.79 Å². The van der Waals surface area contributed by atoms with Gasteiger partial charge in [0.2, 0.25) is 0 Å². The normalized spacial score (nSPS) is 27.3. The molecule has 0 spiro atoms. The van der Waals surface area contributed by atoms with Crippen molar-refractivity contribution in [3.8, 4) is 0 Å². The number of nitrogens with zero attached hydrogens (tertiary/aromatic N) is 2. The average Bonchev–Trinajstić information content (AvgIpc) is 3.16. The molecule has 1 amide bonds. The molecular formula is C21H24N2O3. The molecule has 2 fully saturated rings. The molecule has 1 N–H and O–H groups in total. The van der Waals surface area contributed by atoms with Gasteiger partial charge in [0.15, 0.2) is 0 Å². The van der Waals surface area contributed by atoms with Crippen LogP contribution in [-0.2, 0) is 17.8 Å². The van der Waals surface area contributed by atoms with Crippen molar-refractivity contribution in [3.05, 3.63) is 66.0 Å².